The lowest BCUT2D eigenvalue weighted by atomic mass is 10.1. The van der Waals surface area contributed by atoms with Gasteiger partial charge in [0.2, 0.25) is 0 Å². The maximum atomic E-state index is 4.61. The van der Waals surface area contributed by atoms with E-state index in [4.69, 9.17) is 0 Å². The van der Waals surface area contributed by atoms with Crippen molar-refractivity contribution in [3.8, 4) is 0 Å². The molecule has 104 valence electrons. The Morgan fingerprint density at radius 3 is 3.10 bits per heavy atom. The molecule has 3 nitrogen and oxygen atoms in total. The summed E-state index contributed by atoms with van der Waals surface area (Å²) in [4.78, 5) is 4.61. The van der Waals surface area contributed by atoms with Gasteiger partial charge in [-0.05, 0) is 47.9 Å². The summed E-state index contributed by atoms with van der Waals surface area (Å²) in [5.74, 6) is 0. The van der Waals surface area contributed by atoms with Gasteiger partial charge in [-0.25, -0.2) is 4.98 Å². The van der Waals surface area contributed by atoms with Gasteiger partial charge in [0, 0.05) is 31.4 Å². The molecule has 0 aliphatic rings. The average Bonchev–Trinajstić information content (AvgIpc) is 3.07. The van der Waals surface area contributed by atoms with Crippen molar-refractivity contribution in [3.63, 3.8) is 0 Å². The normalized spacial score (nSPS) is 12.8. The molecule has 0 aliphatic heterocycles. The Bertz CT molecular complexity index is 624. The van der Waals surface area contributed by atoms with Crippen LogP contribution in [-0.2, 0) is 12.8 Å². The molecule has 1 atom stereocenters. The van der Waals surface area contributed by atoms with Gasteiger partial charge in [-0.3, -0.25) is 0 Å². The minimum atomic E-state index is 0.502. The molecule has 3 heterocycles. The number of nitrogens with one attached hydrogen (secondary N) is 1. The molecular weight excluding hydrogens is 266 g/mol. The molecule has 0 unspecified atom stereocenters. The molecule has 0 bridgehead atoms. The molecule has 0 aliphatic carbocycles. The van der Waals surface area contributed by atoms with Crippen LogP contribution in [0.3, 0.4) is 0 Å². The van der Waals surface area contributed by atoms with Gasteiger partial charge < -0.3 is 9.72 Å². The Morgan fingerprint density at radius 2 is 2.30 bits per heavy atom. The Hall–Kier alpha value is -1.65. The van der Waals surface area contributed by atoms with Gasteiger partial charge in [-0.2, -0.15) is 11.3 Å². The number of imidazole rings is 1. The third-order valence-corrected chi connectivity index (χ3v) is 4.14. The first-order chi connectivity index (χ1) is 9.81. The van der Waals surface area contributed by atoms with Crippen LogP contribution in [0, 0.1) is 0 Å². The highest BCUT2D eigenvalue weighted by molar-refractivity contribution is 7.07. The molecule has 1 N–H and O–H groups in total. The summed E-state index contributed by atoms with van der Waals surface area (Å²) >= 11 is 1.76. The van der Waals surface area contributed by atoms with Crippen LogP contribution in [0.25, 0.3) is 5.65 Å². The van der Waals surface area contributed by atoms with E-state index in [1.54, 1.807) is 11.3 Å². The minimum Gasteiger partial charge on any atom is -0.314 e. The monoisotopic (exact) mass is 285 g/mol. The number of thiophene rings is 1. The number of fused-ring (bicyclic) bond motifs is 1. The van der Waals surface area contributed by atoms with E-state index in [1.807, 2.05) is 24.4 Å². The number of rotatable bonds is 6. The Morgan fingerprint density at radius 1 is 1.35 bits per heavy atom. The van der Waals surface area contributed by atoms with Crippen LogP contribution in [0.1, 0.15) is 18.2 Å². The van der Waals surface area contributed by atoms with Crippen molar-refractivity contribution in [2.75, 3.05) is 6.54 Å². The number of aromatic nitrogens is 2. The molecule has 0 saturated carbocycles. The van der Waals surface area contributed by atoms with Crippen molar-refractivity contribution in [2.24, 2.45) is 0 Å². The lowest BCUT2D eigenvalue weighted by Gasteiger charge is -2.12. The smallest absolute Gasteiger partial charge is 0.136 e. The van der Waals surface area contributed by atoms with Crippen molar-refractivity contribution in [1.29, 1.82) is 0 Å². The lowest BCUT2D eigenvalue weighted by Crippen LogP contribution is -2.29. The van der Waals surface area contributed by atoms with E-state index in [0.29, 0.717) is 6.04 Å². The van der Waals surface area contributed by atoms with Crippen LogP contribution in [0.2, 0.25) is 0 Å². The molecule has 20 heavy (non-hydrogen) atoms. The summed E-state index contributed by atoms with van der Waals surface area (Å²) in [5, 5.41) is 7.93. The maximum absolute atomic E-state index is 4.61. The van der Waals surface area contributed by atoms with E-state index in [-0.39, 0.29) is 0 Å². The molecule has 0 fully saturated rings. The third kappa shape index (κ3) is 3.26. The molecule has 0 spiro atoms. The number of nitrogens with zero attached hydrogens (tertiary/aromatic N) is 2. The van der Waals surface area contributed by atoms with Crippen LogP contribution >= 0.6 is 11.3 Å². The third-order valence-electron chi connectivity index (χ3n) is 3.41. The molecule has 0 radical (unpaired) electrons. The highest BCUT2D eigenvalue weighted by Gasteiger charge is 2.05. The van der Waals surface area contributed by atoms with Crippen LogP contribution < -0.4 is 5.32 Å². The second-order valence-corrected chi connectivity index (χ2v) is 5.92. The zero-order valence-electron chi connectivity index (χ0n) is 11.6. The van der Waals surface area contributed by atoms with E-state index >= 15 is 0 Å². The minimum absolute atomic E-state index is 0.502. The van der Waals surface area contributed by atoms with Gasteiger partial charge in [0.1, 0.15) is 5.65 Å². The van der Waals surface area contributed by atoms with E-state index < -0.39 is 0 Å². The highest BCUT2D eigenvalue weighted by atomic mass is 32.1. The van der Waals surface area contributed by atoms with Gasteiger partial charge in [0.25, 0.3) is 0 Å². The summed E-state index contributed by atoms with van der Waals surface area (Å²) in [6, 6.07) is 8.79. The van der Waals surface area contributed by atoms with Crippen molar-refractivity contribution in [3.05, 3.63) is 58.7 Å². The van der Waals surface area contributed by atoms with Crippen molar-refractivity contribution in [1.82, 2.24) is 14.7 Å². The first-order valence-corrected chi connectivity index (χ1v) is 7.92. The topological polar surface area (TPSA) is 29.3 Å². The first kappa shape index (κ1) is 13.3. The maximum Gasteiger partial charge on any atom is 0.136 e. The summed E-state index contributed by atoms with van der Waals surface area (Å²) < 4.78 is 2.07. The average molecular weight is 285 g/mol. The van der Waals surface area contributed by atoms with Gasteiger partial charge in [-0.1, -0.05) is 6.07 Å². The largest absolute Gasteiger partial charge is 0.314 e. The number of pyridine rings is 1. The standard InChI is InChI=1S/C16H19N3S/c1-13(10-14-6-9-20-12-14)17-7-5-15-11-19-8-3-2-4-16(19)18-15/h2-4,6,8-9,11-13,17H,5,7,10H2,1H3/t13-/m1/s1. The van der Waals surface area contributed by atoms with Crippen molar-refractivity contribution < 1.29 is 0 Å². The number of hydrogen-bond acceptors (Lipinski definition) is 3. The summed E-state index contributed by atoms with van der Waals surface area (Å²) in [6.45, 7) is 3.20. The zero-order valence-corrected chi connectivity index (χ0v) is 12.4. The lowest BCUT2D eigenvalue weighted by molar-refractivity contribution is 0.547. The van der Waals surface area contributed by atoms with E-state index in [0.717, 1.165) is 30.7 Å². The van der Waals surface area contributed by atoms with Gasteiger partial charge >= 0.3 is 0 Å². The van der Waals surface area contributed by atoms with Crippen molar-refractivity contribution in [2.45, 2.75) is 25.8 Å². The molecule has 0 amide bonds. The van der Waals surface area contributed by atoms with E-state index in [2.05, 4.69) is 44.6 Å². The summed E-state index contributed by atoms with van der Waals surface area (Å²) in [5.41, 5.74) is 3.59. The Kier molecular flexibility index (Phi) is 4.14. The molecule has 3 aromatic rings. The molecular formula is C16H19N3S. The Labute approximate surface area is 123 Å². The van der Waals surface area contributed by atoms with Crippen LogP contribution in [0.5, 0.6) is 0 Å². The second-order valence-electron chi connectivity index (χ2n) is 5.14. The summed E-state index contributed by atoms with van der Waals surface area (Å²) in [6.07, 6.45) is 6.21. The predicted molar refractivity (Wildman–Crippen MR) is 84.4 cm³/mol. The molecule has 0 aromatic carbocycles. The summed E-state index contributed by atoms with van der Waals surface area (Å²) in [7, 11) is 0. The zero-order chi connectivity index (χ0) is 13.8. The van der Waals surface area contributed by atoms with E-state index in [1.165, 1.54) is 5.56 Å². The molecule has 0 saturated heterocycles. The predicted octanol–water partition coefficient (Wildman–Crippen LogP) is 3.16. The fraction of sp³-hybridized carbons (Fsp3) is 0.312. The second kappa shape index (κ2) is 6.20. The Balaban J connectivity index is 1.49. The van der Waals surface area contributed by atoms with Crippen LogP contribution in [0.15, 0.2) is 47.4 Å². The quantitative estimate of drug-likeness (QED) is 0.754. The molecule has 3 aromatic heterocycles. The fourth-order valence-corrected chi connectivity index (χ4v) is 3.07. The van der Waals surface area contributed by atoms with Crippen molar-refractivity contribution >= 4 is 17.0 Å². The van der Waals surface area contributed by atoms with Crippen LogP contribution in [-0.4, -0.2) is 22.0 Å². The highest BCUT2D eigenvalue weighted by Crippen LogP contribution is 2.09. The van der Waals surface area contributed by atoms with Gasteiger partial charge in [-0.15, -0.1) is 0 Å². The molecule has 3 rings (SSSR count). The van der Waals surface area contributed by atoms with E-state index in [9.17, 15) is 0 Å². The SMILES string of the molecule is C[C@H](Cc1ccsc1)NCCc1cn2ccccc2n1. The fourth-order valence-electron chi connectivity index (χ4n) is 2.39. The number of hydrogen-bond donors (Lipinski definition) is 1. The molecule has 4 heteroatoms. The van der Waals surface area contributed by atoms with Gasteiger partial charge in [0.15, 0.2) is 0 Å². The van der Waals surface area contributed by atoms with Gasteiger partial charge in [0.05, 0.1) is 5.69 Å². The van der Waals surface area contributed by atoms with Crippen LogP contribution in [0.4, 0.5) is 0 Å². The first-order valence-electron chi connectivity index (χ1n) is 6.98.